The van der Waals surface area contributed by atoms with Crippen LogP contribution in [0.4, 0.5) is 0 Å². The summed E-state index contributed by atoms with van der Waals surface area (Å²) < 4.78 is 7.63. The maximum atomic E-state index is 12.7. The lowest BCUT2D eigenvalue weighted by Crippen LogP contribution is -2.25. The van der Waals surface area contributed by atoms with Crippen LogP contribution >= 0.6 is 11.3 Å². The molecule has 0 aliphatic carbocycles. The third-order valence-corrected chi connectivity index (χ3v) is 6.26. The maximum Gasteiger partial charge on any atom is 0.308 e. The van der Waals surface area contributed by atoms with E-state index in [1.165, 1.54) is 10.4 Å². The summed E-state index contributed by atoms with van der Waals surface area (Å²) >= 11 is 1.71. The van der Waals surface area contributed by atoms with E-state index in [2.05, 4.69) is 40.7 Å². The molecule has 1 atom stereocenters. The normalized spacial score (nSPS) is 15.8. The second-order valence-electron chi connectivity index (χ2n) is 8.55. The van der Waals surface area contributed by atoms with Gasteiger partial charge in [0.1, 0.15) is 22.5 Å². The molecule has 3 aromatic rings. The molecule has 0 unspecified atom stereocenters. The average molecular weight is 423 g/mol. The van der Waals surface area contributed by atoms with E-state index in [0.29, 0.717) is 5.82 Å². The third-order valence-electron chi connectivity index (χ3n) is 5.07. The zero-order valence-electron chi connectivity index (χ0n) is 18.2. The Labute approximate surface area is 180 Å². The Kier molecular flexibility index (Phi) is 5.10. The molecule has 1 aliphatic rings. The van der Waals surface area contributed by atoms with Gasteiger partial charge in [0.15, 0.2) is 5.82 Å². The van der Waals surface area contributed by atoms with Crippen LogP contribution in [0.15, 0.2) is 35.3 Å². The van der Waals surface area contributed by atoms with Gasteiger partial charge in [0, 0.05) is 16.0 Å². The van der Waals surface area contributed by atoms with E-state index in [1.54, 1.807) is 11.3 Å². The number of rotatable bonds is 3. The number of nitrogens with zero attached hydrogens (tertiary/aromatic N) is 4. The van der Waals surface area contributed by atoms with Crippen LogP contribution in [0, 0.1) is 20.8 Å². The van der Waals surface area contributed by atoms with Crippen molar-refractivity contribution in [3.63, 3.8) is 0 Å². The Bertz CT molecular complexity index is 1140. The minimum atomic E-state index is -0.552. The van der Waals surface area contributed by atoms with Crippen molar-refractivity contribution in [1.82, 2.24) is 14.8 Å². The summed E-state index contributed by atoms with van der Waals surface area (Å²) in [7, 11) is 0. The van der Waals surface area contributed by atoms with Gasteiger partial charge in [-0.1, -0.05) is 30.3 Å². The van der Waals surface area contributed by atoms with Gasteiger partial charge < -0.3 is 4.74 Å². The number of hydrogen-bond donors (Lipinski definition) is 0. The maximum absolute atomic E-state index is 12.7. The van der Waals surface area contributed by atoms with Crippen molar-refractivity contribution in [1.29, 1.82) is 0 Å². The van der Waals surface area contributed by atoms with Crippen LogP contribution in [0.25, 0.3) is 5.00 Å². The van der Waals surface area contributed by atoms with Gasteiger partial charge in [0.2, 0.25) is 0 Å². The van der Waals surface area contributed by atoms with Crippen molar-refractivity contribution in [3.8, 4) is 5.00 Å². The van der Waals surface area contributed by atoms with Crippen molar-refractivity contribution < 1.29 is 9.53 Å². The van der Waals surface area contributed by atoms with Crippen molar-refractivity contribution >= 4 is 23.0 Å². The molecule has 0 bridgehead atoms. The quantitative estimate of drug-likeness (QED) is 0.564. The van der Waals surface area contributed by atoms with Gasteiger partial charge in [-0.25, -0.2) is 0 Å². The fourth-order valence-corrected chi connectivity index (χ4v) is 4.88. The molecule has 0 saturated heterocycles. The van der Waals surface area contributed by atoms with Crippen molar-refractivity contribution in [3.05, 3.63) is 63.5 Å². The molecule has 0 fully saturated rings. The van der Waals surface area contributed by atoms with Gasteiger partial charge in [0.25, 0.3) is 0 Å². The number of aliphatic imine (C=N–C) groups is 1. The summed E-state index contributed by atoms with van der Waals surface area (Å²) in [6, 6.07) is 9.63. The lowest BCUT2D eigenvalue weighted by atomic mass is 10.00. The van der Waals surface area contributed by atoms with E-state index in [0.717, 1.165) is 27.7 Å². The predicted molar refractivity (Wildman–Crippen MR) is 119 cm³/mol. The van der Waals surface area contributed by atoms with Gasteiger partial charge in [-0.2, -0.15) is 0 Å². The van der Waals surface area contributed by atoms with Crippen LogP contribution in [0.2, 0.25) is 0 Å². The van der Waals surface area contributed by atoms with E-state index < -0.39 is 11.6 Å². The predicted octanol–water partition coefficient (Wildman–Crippen LogP) is 4.88. The molecule has 0 N–H and O–H groups in total. The van der Waals surface area contributed by atoms with Crippen LogP contribution in [0.3, 0.4) is 0 Å². The summed E-state index contributed by atoms with van der Waals surface area (Å²) in [6.07, 6.45) is 0.110. The van der Waals surface area contributed by atoms with E-state index in [1.807, 2.05) is 45.9 Å². The second kappa shape index (κ2) is 7.47. The van der Waals surface area contributed by atoms with E-state index in [9.17, 15) is 4.79 Å². The molecule has 2 aromatic heterocycles. The summed E-state index contributed by atoms with van der Waals surface area (Å²) in [5, 5.41) is 9.78. The number of ether oxygens (including phenoxy) is 1. The van der Waals surface area contributed by atoms with Gasteiger partial charge in [-0.05, 0) is 47.1 Å². The molecule has 0 spiro atoms. The largest absolute Gasteiger partial charge is 0.460 e. The van der Waals surface area contributed by atoms with Gasteiger partial charge in [-0.15, -0.1) is 21.5 Å². The minimum Gasteiger partial charge on any atom is -0.460 e. The smallest absolute Gasteiger partial charge is 0.308 e. The zero-order chi connectivity index (χ0) is 21.6. The van der Waals surface area contributed by atoms with Crippen molar-refractivity contribution in [2.75, 3.05) is 0 Å². The number of fused-ring (bicyclic) bond motifs is 3. The molecule has 6 nitrogen and oxygen atoms in total. The van der Waals surface area contributed by atoms with Gasteiger partial charge in [0.05, 0.1) is 12.1 Å². The van der Waals surface area contributed by atoms with Crippen LogP contribution < -0.4 is 0 Å². The Morgan fingerprint density at radius 1 is 1.13 bits per heavy atom. The van der Waals surface area contributed by atoms with E-state index >= 15 is 0 Å². The first kappa shape index (κ1) is 20.5. The van der Waals surface area contributed by atoms with Gasteiger partial charge in [-0.3, -0.25) is 14.4 Å². The molecule has 0 saturated carbocycles. The monoisotopic (exact) mass is 422 g/mol. The minimum absolute atomic E-state index is 0.110. The highest BCUT2D eigenvalue weighted by Gasteiger charge is 2.33. The molecule has 3 heterocycles. The topological polar surface area (TPSA) is 69.4 Å². The number of aryl methyl sites for hydroxylation is 2. The molecule has 0 amide bonds. The fraction of sp³-hybridized carbons (Fsp3) is 0.391. The van der Waals surface area contributed by atoms with Crippen LogP contribution in [-0.2, 0) is 9.53 Å². The highest BCUT2D eigenvalue weighted by atomic mass is 32.1. The van der Waals surface area contributed by atoms with Crippen LogP contribution in [0.1, 0.15) is 66.5 Å². The number of thiophene rings is 1. The molecule has 0 radical (unpaired) electrons. The summed E-state index contributed by atoms with van der Waals surface area (Å²) in [5.74, 6) is 1.16. The molecule has 1 aromatic carbocycles. The number of carbonyl (C=O) groups excluding carboxylic acids is 1. The van der Waals surface area contributed by atoms with E-state index in [-0.39, 0.29) is 12.4 Å². The molecule has 30 heavy (non-hydrogen) atoms. The van der Waals surface area contributed by atoms with E-state index in [4.69, 9.17) is 9.73 Å². The second-order valence-corrected chi connectivity index (χ2v) is 9.76. The highest BCUT2D eigenvalue weighted by molar-refractivity contribution is 7.15. The fourth-order valence-electron chi connectivity index (χ4n) is 3.66. The molecule has 7 heteroatoms. The number of hydrogen-bond acceptors (Lipinski definition) is 6. The Balaban J connectivity index is 1.91. The number of carbonyl (C=O) groups is 1. The highest BCUT2D eigenvalue weighted by Crippen LogP contribution is 2.39. The Morgan fingerprint density at radius 3 is 2.50 bits per heavy atom. The van der Waals surface area contributed by atoms with Gasteiger partial charge >= 0.3 is 5.97 Å². The molecule has 4 rings (SSSR count). The number of aromatic nitrogens is 3. The number of benzene rings is 1. The lowest BCUT2D eigenvalue weighted by molar-refractivity contribution is -0.155. The van der Waals surface area contributed by atoms with Crippen molar-refractivity contribution in [2.24, 2.45) is 4.99 Å². The zero-order valence-corrected chi connectivity index (χ0v) is 19.0. The van der Waals surface area contributed by atoms with Crippen LogP contribution in [-0.4, -0.2) is 32.0 Å². The molecule has 1 aliphatic heterocycles. The van der Waals surface area contributed by atoms with Crippen molar-refractivity contribution in [2.45, 2.75) is 59.6 Å². The lowest BCUT2D eigenvalue weighted by Gasteiger charge is -2.21. The summed E-state index contributed by atoms with van der Waals surface area (Å²) in [5.41, 5.74) is 3.62. The number of esters is 1. The molecular formula is C23H26N4O2S. The Morgan fingerprint density at radius 2 is 1.83 bits per heavy atom. The Hall–Kier alpha value is -2.80. The molecule has 156 valence electrons. The van der Waals surface area contributed by atoms with Crippen LogP contribution in [0.5, 0.6) is 0 Å². The summed E-state index contributed by atoms with van der Waals surface area (Å²) in [4.78, 5) is 19.0. The first-order valence-electron chi connectivity index (χ1n) is 10.0. The molecular weight excluding hydrogens is 396 g/mol. The third kappa shape index (κ3) is 3.69. The first-order chi connectivity index (χ1) is 14.2. The average Bonchev–Trinajstić information content (AvgIpc) is 3.13. The summed E-state index contributed by atoms with van der Waals surface area (Å²) in [6.45, 7) is 11.8. The SMILES string of the molecule is Cc1sc2c(c1C)C(c1ccccc1)=N[C@@H](CC(=O)OC(C)(C)C)c1nnc(C)n1-2. The standard InChI is InChI=1S/C23H26N4O2S/c1-13-14(2)30-22-19(13)20(16-10-8-7-9-11-16)24-17(12-18(28)29-23(4,5)6)21-26-25-15(3)27(21)22/h7-11,17H,12H2,1-6H3/t17-/m0/s1. The first-order valence-corrected chi connectivity index (χ1v) is 10.8.